The molecule has 1 aromatic heterocycles. The molecule has 0 atom stereocenters. The number of fused-ring (bicyclic) bond motifs is 1. The first-order chi connectivity index (χ1) is 12.7. The number of imidazole rings is 1. The van der Waals surface area contributed by atoms with E-state index < -0.39 is 0 Å². The van der Waals surface area contributed by atoms with Crippen molar-refractivity contribution >= 4 is 11.0 Å². The molecule has 0 aliphatic rings. The van der Waals surface area contributed by atoms with Gasteiger partial charge in [0.1, 0.15) is 24.0 Å². The molecule has 130 valence electrons. The fourth-order valence-corrected chi connectivity index (χ4v) is 2.97. The minimum atomic E-state index is -0.229. The Hall–Kier alpha value is -3.14. The maximum atomic E-state index is 13.2. The van der Waals surface area contributed by atoms with E-state index in [1.165, 1.54) is 17.7 Å². The second-order valence-electron chi connectivity index (χ2n) is 6.33. The fraction of sp³-hybridized carbons (Fsp3) is 0.136. The van der Waals surface area contributed by atoms with Crippen molar-refractivity contribution in [2.24, 2.45) is 0 Å². The molecule has 3 aromatic carbocycles. The summed E-state index contributed by atoms with van der Waals surface area (Å²) >= 11 is 0. The predicted molar refractivity (Wildman–Crippen MR) is 101 cm³/mol. The molecule has 0 saturated carbocycles. The van der Waals surface area contributed by atoms with Crippen LogP contribution in [0.5, 0.6) is 5.75 Å². The van der Waals surface area contributed by atoms with E-state index in [4.69, 9.17) is 9.72 Å². The van der Waals surface area contributed by atoms with E-state index in [0.29, 0.717) is 13.2 Å². The van der Waals surface area contributed by atoms with Crippen molar-refractivity contribution in [2.45, 2.75) is 20.1 Å². The van der Waals surface area contributed by atoms with Crippen LogP contribution in [0.4, 0.5) is 4.39 Å². The van der Waals surface area contributed by atoms with Gasteiger partial charge in [-0.05, 0) is 48.9 Å². The summed E-state index contributed by atoms with van der Waals surface area (Å²) in [5.41, 5.74) is 4.18. The van der Waals surface area contributed by atoms with Crippen molar-refractivity contribution in [3.63, 3.8) is 0 Å². The first-order valence-corrected chi connectivity index (χ1v) is 8.57. The first-order valence-electron chi connectivity index (χ1n) is 8.57. The van der Waals surface area contributed by atoms with Gasteiger partial charge in [0.15, 0.2) is 0 Å². The number of aryl methyl sites for hydroxylation is 1. The Bertz CT molecular complexity index is 1020. The summed E-state index contributed by atoms with van der Waals surface area (Å²) in [5.74, 6) is 1.43. The molecule has 4 rings (SSSR count). The Balaban J connectivity index is 1.64. The molecule has 0 radical (unpaired) electrons. The number of halogens is 1. The summed E-state index contributed by atoms with van der Waals surface area (Å²) in [4.78, 5) is 4.72. The Labute approximate surface area is 151 Å². The van der Waals surface area contributed by atoms with E-state index >= 15 is 0 Å². The van der Waals surface area contributed by atoms with Crippen LogP contribution in [-0.2, 0) is 13.2 Å². The quantitative estimate of drug-likeness (QED) is 0.502. The number of nitrogens with zero attached hydrogens (tertiary/aromatic N) is 2. The third kappa shape index (κ3) is 3.45. The molecule has 26 heavy (non-hydrogen) atoms. The third-order valence-electron chi connectivity index (χ3n) is 4.38. The highest BCUT2D eigenvalue weighted by Crippen LogP contribution is 2.20. The fourth-order valence-electron chi connectivity index (χ4n) is 2.97. The lowest BCUT2D eigenvalue weighted by Gasteiger charge is -2.11. The molecule has 0 bridgehead atoms. The first kappa shape index (κ1) is 16.3. The van der Waals surface area contributed by atoms with Crippen molar-refractivity contribution in [2.75, 3.05) is 0 Å². The molecule has 0 N–H and O–H groups in total. The molecule has 4 aromatic rings. The van der Waals surface area contributed by atoms with Gasteiger partial charge < -0.3 is 9.30 Å². The Morgan fingerprint density at radius 2 is 1.65 bits per heavy atom. The minimum absolute atomic E-state index is 0.229. The molecule has 0 aliphatic heterocycles. The van der Waals surface area contributed by atoms with Crippen LogP contribution in [0.3, 0.4) is 0 Å². The molecular weight excluding hydrogens is 327 g/mol. The average Bonchev–Trinajstić information content (AvgIpc) is 3.01. The van der Waals surface area contributed by atoms with Crippen molar-refractivity contribution in [3.05, 3.63) is 95.6 Å². The van der Waals surface area contributed by atoms with Crippen LogP contribution >= 0.6 is 0 Å². The smallest absolute Gasteiger partial charge is 0.148 e. The van der Waals surface area contributed by atoms with Gasteiger partial charge in [0.05, 0.1) is 11.0 Å². The van der Waals surface area contributed by atoms with E-state index in [-0.39, 0.29) is 5.82 Å². The predicted octanol–water partition coefficient (Wildman–Crippen LogP) is 5.11. The van der Waals surface area contributed by atoms with Crippen molar-refractivity contribution < 1.29 is 9.13 Å². The second kappa shape index (κ2) is 7.00. The molecule has 0 spiro atoms. The largest absolute Gasteiger partial charge is 0.486 e. The zero-order valence-corrected chi connectivity index (χ0v) is 14.5. The molecular formula is C22H19FN2O. The number of rotatable bonds is 5. The molecule has 0 unspecified atom stereocenters. The van der Waals surface area contributed by atoms with E-state index in [0.717, 1.165) is 28.2 Å². The molecule has 0 aliphatic carbocycles. The van der Waals surface area contributed by atoms with Gasteiger partial charge in [-0.25, -0.2) is 9.37 Å². The highest BCUT2D eigenvalue weighted by molar-refractivity contribution is 5.76. The van der Waals surface area contributed by atoms with Gasteiger partial charge in [-0.15, -0.1) is 0 Å². The zero-order valence-electron chi connectivity index (χ0n) is 14.5. The summed E-state index contributed by atoms with van der Waals surface area (Å²) in [6, 6.07) is 22.5. The van der Waals surface area contributed by atoms with Gasteiger partial charge in [0.25, 0.3) is 0 Å². The average molecular weight is 346 g/mol. The third-order valence-corrected chi connectivity index (χ3v) is 4.38. The number of benzene rings is 3. The number of aromatic nitrogens is 2. The lowest BCUT2D eigenvalue weighted by molar-refractivity contribution is 0.291. The van der Waals surface area contributed by atoms with E-state index in [2.05, 4.69) is 4.57 Å². The number of hydrogen-bond acceptors (Lipinski definition) is 2. The standard InChI is InChI=1S/C22H19FN2O/c1-16-6-12-19(13-7-16)26-15-22-24-20-4-2-3-5-21(20)25(22)14-17-8-10-18(23)11-9-17/h2-13H,14-15H2,1H3. The summed E-state index contributed by atoms with van der Waals surface area (Å²) < 4.78 is 21.2. The molecule has 0 fully saturated rings. The SMILES string of the molecule is Cc1ccc(OCc2nc3ccccc3n2Cc2ccc(F)cc2)cc1. The van der Waals surface area contributed by atoms with Crippen molar-refractivity contribution in [3.8, 4) is 5.75 Å². The van der Waals surface area contributed by atoms with Crippen molar-refractivity contribution in [1.29, 1.82) is 0 Å². The highest BCUT2D eigenvalue weighted by Gasteiger charge is 2.12. The van der Waals surface area contributed by atoms with Crippen LogP contribution in [0.15, 0.2) is 72.8 Å². The number of ether oxygens (including phenoxy) is 1. The summed E-state index contributed by atoms with van der Waals surface area (Å²) in [6.07, 6.45) is 0. The summed E-state index contributed by atoms with van der Waals surface area (Å²) in [6.45, 7) is 3.04. The topological polar surface area (TPSA) is 27.1 Å². The van der Waals surface area contributed by atoms with Crippen LogP contribution in [-0.4, -0.2) is 9.55 Å². The van der Waals surface area contributed by atoms with Crippen LogP contribution < -0.4 is 4.74 Å². The Morgan fingerprint density at radius 3 is 2.42 bits per heavy atom. The highest BCUT2D eigenvalue weighted by atomic mass is 19.1. The molecule has 0 saturated heterocycles. The van der Waals surface area contributed by atoms with E-state index in [1.807, 2.05) is 55.5 Å². The van der Waals surface area contributed by atoms with E-state index in [1.54, 1.807) is 12.1 Å². The normalized spacial score (nSPS) is 11.0. The van der Waals surface area contributed by atoms with E-state index in [9.17, 15) is 4.39 Å². The maximum Gasteiger partial charge on any atom is 0.148 e. The minimum Gasteiger partial charge on any atom is -0.486 e. The molecule has 4 heteroatoms. The summed E-state index contributed by atoms with van der Waals surface area (Å²) in [7, 11) is 0. The van der Waals surface area contributed by atoms with Gasteiger partial charge in [-0.1, -0.05) is 42.0 Å². The Morgan fingerprint density at radius 1 is 0.923 bits per heavy atom. The number of para-hydroxylation sites is 2. The van der Waals surface area contributed by atoms with Crippen molar-refractivity contribution in [1.82, 2.24) is 9.55 Å². The lowest BCUT2D eigenvalue weighted by atomic mass is 10.2. The summed E-state index contributed by atoms with van der Waals surface area (Å²) in [5, 5.41) is 0. The van der Waals surface area contributed by atoms with Crippen LogP contribution in [0.2, 0.25) is 0 Å². The van der Waals surface area contributed by atoms with Gasteiger partial charge >= 0.3 is 0 Å². The van der Waals surface area contributed by atoms with Gasteiger partial charge in [-0.3, -0.25) is 0 Å². The molecule has 1 heterocycles. The van der Waals surface area contributed by atoms with Crippen LogP contribution in [0.1, 0.15) is 17.0 Å². The number of hydrogen-bond donors (Lipinski definition) is 0. The monoisotopic (exact) mass is 346 g/mol. The maximum absolute atomic E-state index is 13.2. The zero-order chi connectivity index (χ0) is 17.9. The van der Waals surface area contributed by atoms with Gasteiger partial charge in [0, 0.05) is 6.54 Å². The van der Waals surface area contributed by atoms with Crippen LogP contribution in [0.25, 0.3) is 11.0 Å². The van der Waals surface area contributed by atoms with Gasteiger partial charge in [-0.2, -0.15) is 0 Å². The van der Waals surface area contributed by atoms with Crippen LogP contribution in [0, 0.1) is 12.7 Å². The second-order valence-corrected chi connectivity index (χ2v) is 6.33. The lowest BCUT2D eigenvalue weighted by Crippen LogP contribution is -2.08. The molecule has 3 nitrogen and oxygen atoms in total. The molecule has 0 amide bonds. The van der Waals surface area contributed by atoms with Gasteiger partial charge in [0.2, 0.25) is 0 Å². The Kier molecular flexibility index (Phi) is 4.40.